The molecule has 2 aromatic rings. The summed E-state index contributed by atoms with van der Waals surface area (Å²) in [5.41, 5.74) is 1.41. The van der Waals surface area contributed by atoms with Crippen LogP contribution in [0.3, 0.4) is 0 Å². The topological polar surface area (TPSA) is 56.8 Å². The lowest BCUT2D eigenvalue weighted by molar-refractivity contribution is -0.111. The molecule has 0 unspecified atom stereocenters. The van der Waals surface area contributed by atoms with Gasteiger partial charge in [-0.3, -0.25) is 4.79 Å². The summed E-state index contributed by atoms with van der Waals surface area (Å²) in [4.78, 5) is 12.1. The summed E-state index contributed by atoms with van der Waals surface area (Å²) in [6.45, 7) is 0. The number of carbonyl (C=O) groups excluding carboxylic acids is 1. The number of para-hydroxylation sites is 1. The van der Waals surface area contributed by atoms with Gasteiger partial charge < -0.3 is 19.5 Å². The van der Waals surface area contributed by atoms with Gasteiger partial charge in [-0.05, 0) is 46.3 Å². The molecule has 126 valence electrons. The van der Waals surface area contributed by atoms with E-state index in [4.69, 9.17) is 14.2 Å². The SMILES string of the molecule is COc1ccc(C=CC(=O)Nc2ccccc2Br)c(OC)c1OC. The van der Waals surface area contributed by atoms with E-state index in [-0.39, 0.29) is 5.91 Å². The van der Waals surface area contributed by atoms with E-state index in [1.165, 1.54) is 20.3 Å². The van der Waals surface area contributed by atoms with Gasteiger partial charge in [0.05, 0.1) is 27.0 Å². The Bertz CT molecular complexity index is 759. The van der Waals surface area contributed by atoms with Gasteiger partial charge >= 0.3 is 0 Å². The number of halogens is 1. The Balaban J connectivity index is 2.22. The van der Waals surface area contributed by atoms with Crippen molar-refractivity contribution < 1.29 is 19.0 Å². The summed E-state index contributed by atoms with van der Waals surface area (Å²) in [6, 6.07) is 10.9. The Hall–Kier alpha value is -2.47. The third-order valence-corrected chi connectivity index (χ3v) is 3.97. The number of rotatable bonds is 6. The third-order valence-electron chi connectivity index (χ3n) is 3.28. The molecule has 0 aliphatic carbocycles. The number of anilines is 1. The van der Waals surface area contributed by atoms with Crippen molar-refractivity contribution in [1.82, 2.24) is 0 Å². The smallest absolute Gasteiger partial charge is 0.248 e. The Morgan fingerprint density at radius 2 is 1.71 bits per heavy atom. The van der Waals surface area contributed by atoms with E-state index in [1.54, 1.807) is 25.3 Å². The third kappa shape index (κ3) is 4.08. The minimum atomic E-state index is -0.251. The molecule has 5 nitrogen and oxygen atoms in total. The number of methoxy groups -OCH3 is 3. The van der Waals surface area contributed by atoms with Crippen LogP contribution in [0.15, 0.2) is 46.9 Å². The fourth-order valence-corrected chi connectivity index (χ4v) is 2.54. The monoisotopic (exact) mass is 391 g/mol. The summed E-state index contributed by atoms with van der Waals surface area (Å²) in [6.07, 6.45) is 3.09. The number of ether oxygens (including phenoxy) is 3. The Kier molecular flexibility index (Phi) is 6.26. The van der Waals surface area contributed by atoms with Crippen molar-refractivity contribution in [3.05, 3.63) is 52.5 Å². The Morgan fingerprint density at radius 1 is 1.00 bits per heavy atom. The molecule has 2 aromatic carbocycles. The second-order valence-electron chi connectivity index (χ2n) is 4.73. The highest BCUT2D eigenvalue weighted by Crippen LogP contribution is 2.40. The van der Waals surface area contributed by atoms with Crippen LogP contribution in [-0.4, -0.2) is 27.2 Å². The lowest BCUT2D eigenvalue weighted by atomic mass is 10.1. The standard InChI is InChI=1S/C18H18BrNO4/c1-22-15-10-8-12(17(23-2)18(15)24-3)9-11-16(21)20-14-7-5-4-6-13(14)19/h4-11H,1-3H3,(H,20,21). The number of hydrogen-bond acceptors (Lipinski definition) is 4. The predicted molar refractivity (Wildman–Crippen MR) is 97.9 cm³/mol. The van der Waals surface area contributed by atoms with E-state index < -0.39 is 0 Å². The zero-order valence-corrected chi connectivity index (χ0v) is 15.2. The molecule has 24 heavy (non-hydrogen) atoms. The molecule has 0 saturated heterocycles. The van der Waals surface area contributed by atoms with Crippen LogP contribution < -0.4 is 19.5 Å². The molecular weight excluding hydrogens is 374 g/mol. The molecule has 0 aliphatic rings. The zero-order valence-electron chi connectivity index (χ0n) is 13.6. The molecule has 1 N–H and O–H groups in total. The molecule has 0 spiro atoms. The van der Waals surface area contributed by atoms with Crippen LogP contribution in [-0.2, 0) is 4.79 Å². The average molecular weight is 392 g/mol. The summed E-state index contributed by atoms with van der Waals surface area (Å²) >= 11 is 3.39. The van der Waals surface area contributed by atoms with E-state index in [9.17, 15) is 4.79 Å². The molecule has 0 aromatic heterocycles. The summed E-state index contributed by atoms with van der Waals surface area (Å²) in [5.74, 6) is 1.29. The van der Waals surface area contributed by atoms with Crippen LogP contribution in [0.4, 0.5) is 5.69 Å². The van der Waals surface area contributed by atoms with E-state index >= 15 is 0 Å². The number of benzene rings is 2. The van der Waals surface area contributed by atoms with Crippen molar-refractivity contribution in [2.45, 2.75) is 0 Å². The highest BCUT2D eigenvalue weighted by molar-refractivity contribution is 9.10. The normalized spacial score (nSPS) is 10.5. The molecular formula is C18H18BrNO4. The summed E-state index contributed by atoms with van der Waals surface area (Å²) in [5, 5.41) is 2.80. The minimum Gasteiger partial charge on any atom is -0.493 e. The molecule has 0 bridgehead atoms. The molecule has 0 atom stereocenters. The molecule has 6 heteroatoms. The minimum absolute atomic E-state index is 0.251. The van der Waals surface area contributed by atoms with Gasteiger partial charge in [-0.1, -0.05) is 12.1 Å². The van der Waals surface area contributed by atoms with Crippen molar-refractivity contribution in [3.8, 4) is 17.2 Å². The lowest BCUT2D eigenvalue weighted by Gasteiger charge is -2.14. The molecule has 0 aliphatic heterocycles. The van der Waals surface area contributed by atoms with Gasteiger partial charge in [0.15, 0.2) is 11.5 Å². The average Bonchev–Trinajstić information content (AvgIpc) is 2.60. The molecule has 0 fully saturated rings. The van der Waals surface area contributed by atoms with Crippen LogP contribution in [0.1, 0.15) is 5.56 Å². The highest BCUT2D eigenvalue weighted by atomic mass is 79.9. The predicted octanol–water partition coefficient (Wildman–Crippen LogP) is 4.13. The lowest BCUT2D eigenvalue weighted by Crippen LogP contribution is -2.08. The van der Waals surface area contributed by atoms with Crippen molar-refractivity contribution in [3.63, 3.8) is 0 Å². The van der Waals surface area contributed by atoms with Crippen molar-refractivity contribution in [2.75, 3.05) is 26.6 Å². The number of hydrogen-bond donors (Lipinski definition) is 1. The van der Waals surface area contributed by atoms with Crippen molar-refractivity contribution in [2.24, 2.45) is 0 Å². The van der Waals surface area contributed by atoms with Crippen LogP contribution in [0, 0.1) is 0 Å². The largest absolute Gasteiger partial charge is 0.493 e. The zero-order chi connectivity index (χ0) is 17.5. The molecule has 0 radical (unpaired) electrons. The van der Waals surface area contributed by atoms with Crippen LogP contribution in [0.5, 0.6) is 17.2 Å². The number of nitrogens with one attached hydrogen (secondary N) is 1. The first-order valence-corrected chi connectivity index (χ1v) is 7.92. The quantitative estimate of drug-likeness (QED) is 0.752. The van der Waals surface area contributed by atoms with E-state index in [0.717, 1.165) is 4.47 Å². The van der Waals surface area contributed by atoms with Gasteiger partial charge in [0.1, 0.15) is 0 Å². The Labute approximate surface area is 149 Å². The van der Waals surface area contributed by atoms with E-state index in [2.05, 4.69) is 21.2 Å². The van der Waals surface area contributed by atoms with Crippen LogP contribution in [0.2, 0.25) is 0 Å². The fraction of sp³-hybridized carbons (Fsp3) is 0.167. The van der Waals surface area contributed by atoms with Gasteiger partial charge in [-0.15, -0.1) is 0 Å². The van der Waals surface area contributed by atoms with Crippen LogP contribution in [0.25, 0.3) is 6.08 Å². The molecule has 0 saturated carbocycles. The molecule has 1 amide bonds. The van der Waals surface area contributed by atoms with Gasteiger partial charge in [0.2, 0.25) is 11.7 Å². The van der Waals surface area contributed by atoms with E-state index in [0.29, 0.717) is 28.5 Å². The second-order valence-corrected chi connectivity index (χ2v) is 5.58. The second kappa shape index (κ2) is 8.40. The first-order valence-electron chi connectivity index (χ1n) is 7.13. The number of carbonyl (C=O) groups is 1. The molecule has 0 heterocycles. The van der Waals surface area contributed by atoms with Gasteiger partial charge in [-0.2, -0.15) is 0 Å². The van der Waals surface area contributed by atoms with Gasteiger partial charge in [-0.25, -0.2) is 0 Å². The van der Waals surface area contributed by atoms with Gasteiger partial charge in [0.25, 0.3) is 0 Å². The van der Waals surface area contributed by atoms with Gasteiger partial charge in [0, 0.05) is 16.1 Å². The maximum Gasteiger partial charge on any atom is 0.248 e. The Morgan fingerprint density at radius 3 is 2.33 bits per heavy atom. The van der Waals surface area contributed by atoms with Crippen molar-refractivity contribution >= 4 is 33.6 Å². The van der Waals surface area contributed by atoms with Crippen molar-refractivity contribution in [1.29, 1.82) is 0 Å². The fourth-order valence-electron chi connectivity index (χ4n) is 2.16. The van der Waals surface area contributed by atoms with E-state index in [1.807, 2.05) is 24.3 Å². The summed E-state index contributed by atoms with van der Waals surface area (Å²) < 4.78 is 16.8. The maximum atomic E-state index is 12.1. The first kappa shape index (κ1) is 17.9. The maximum absolute atomic E-state index is 12.1. The highest BCUT2D eigenvalue weighted by Gasteiger charge is 2.14. The first-order chi connectivity index (χ1) is 11.6. The number of amides is 1. The summed E-state index contributed by atoms with van der Waals surface area (Å²) in [7, 11) is 4.63. The van der Waals surface area contributed by atoms with Crippen LogP contribution >= 0.6 is 15.9 Å². The molecule has 2 rings (SSSR count).